The molecule has 1 aliphatic rings. The number of hydrogen-bond acceptors (Lipinski definition) is 6. The Labute approximate surface area is 189 Å². The van der Waals surface area contributed by atoms with Crippen molar-refractivity contribution in [1.29, 1.82) is 0 Å². The van der Waals surface area contributed by atoms with Crippen molar-refractivity contribution in [3.05, 3.63) is 76.3 Å². The molecule has 0 aromatic heterocycles. The summed E-state index contributed by atoms with van der Waals surface area (Å²) >= 11 is 3.48. The van der Waals surface area contributed by atoms with Crippen molar-refractivity contribution >= 4 is 15.9 Å². The third-order valence-corrected chi connectivity index (χ3v) is 5.39. The fraction of sp³-hybridized carbons (Fsp3) is 0.250. The second-order valence-corrected chi connectivity index (χ2v) is 8.01. The maximum absolute atomic E-state index is 10.9. The largest absolute Gasteiger partial charge is 0.493 e. The molecule has 3 aromatic rings. The smallest absolute Gasteiger partial charge is 0.231 e. The van der Waals surface area contributed by atoms with Crippen LogP contribution in [-0.2, 0) is 6.61 Å². The van der Waals surface area contributed by atoms with Gasteiger partial charge in [-0.05, 0) is 42.3 Å². The van der Waals surface area contributed by atoms with E-state index in [1.807, 2.05) is 36.4 Å². The molecule has 0 fully saturated rings. The molecule has 7 heteroatoms. The summed E-state index contributed by atoms with van der Waals surface area (Å²) in [4.78, 5) is 0. The minimum Gasteiger partial charge on any atom is -0.493 e. The third kappa shape index (κ3) is 4.89. The lowest BCUT2D eigenvalue weighted by Gasteiger charge is -2.24. The molecule has 0 amide bonds. The molecule has 31 heavy (non-hydrogen) atoms. The first-order chi connectivity index (χ1) is 15.0. The molecule has 0 bridgehead atoms. The third-order valence-electron chi connectivity index (χ3n) is 4.93. The molecule has 3 aromatic carbocycles. The number of methoxy groups -OCH3 is 1. The van der Waals surface area contributed by atoms with Crippen molar-refractivity contribution in [3.63, 3.8) is 0 Å². The Morgan fingerprint density at radius 2 is 1.74 bits per heavy atom. The molecule has 0 unspecified atom stereocenters. The molecular formula is C24H23BrO6. The number of aliphatic hydroxyl groups is 1. The first kappa shape index (κ1) is 21.3. The van der Waals surface area contributed by atoms with Crippen LogP contribution in [0.1, 0.15) is 24.2 Å². The highest BCUT2D eigenvalue weighted by atomic mass is 79.9. The highest BCUT2D eigenvalue weighted by Gasteiger charge is 2.25. The average Bonchev–Trinajstić information content (AvgIpc) is 3.26. The number of aliphatic hydroxyl groups excluding tert-OH is 1. The lowest BCUT2D eigenvalue weighted by Crippen LogP contribution is -2.22. The highest BCUT2D eigenvalue weighted by Crippen LogP contribution is 2.42. The monoisotopic (exact) mass is 486 g/mol. The Kier molecular flexibility index (Phi) is 6.53. The van der Waals surface area contributed by atoms with Crippen LogP contribution in [0.15, 0.2) is 65.1 Å². The van der Waals surface area contributed by atoms with Gasteiger partial charge in [0, 0.05) is 4.47 Å². The van der Waals surface area contributed by atoms with Crippen molar-refractivity contribution in [2.75, 3.05) is 13.9 Å². The molecule has 0 saturated heterocycles. The van der Waals surface area contributed by atoms with Crippen LogP contribution in [0.4, 0.5) is 0 Å². The van der Waals surface area contributed by atoms with Gasteiger partial charge in [-0.15, -0.1) is 0 Å². The summed E-state index contributed by atoms with van der Waals surface area (Å²) in [5, 5.41) is 10.9. The van der Waals surface area contributed by atoms with E-state index in [2.05, 4.69) is 15.9 Å². The normalized spacial score (nSPS) is 14.1. The van der Waals surface area contributed by atoms with E-state index in [0.29, 0.717) is 40.9 Å². The van der Waals surface area contributed by atoms with Crippen molar-refractivity contribution < 1.29 is 28.8 Å². The number of ether oxygens (including phenoxy) is 5. The van der Waals surface area contributed by atoms with Gasteiger partial charge < -0.3 is 28.8 Å². The molecule has 6 nitrogen and oxygen atoms in total. The number of rotatable bonds is 8. The summed E-state index contributed by atoms with van der Waals surface area (Å²) in [6.07, 6.45) is -1.49. The molecule has 1 heterocycles. The molecule has 0 aliphatic carbocycles. The molecule has 1 N–H and O–H groups in total. The fourth-order valence-corrected chi connectivity index (χ4v) is 3.69. The quantitative estimate of drug-likeness (QED) is 0.467. The van der Waals surface area contributed by atoms with Gasteiger partial charge in [0.2, 0.25) is 12.5 Å². The highest BCUT2D eigenvalue weighted by molar-refractivity contribution is 9.10. The van der Waals surface area contributed by atoms with E-state index in [1.54, 1.807) is 38.3 Å². The van der Waals surface area contributed by atoms with Gasteiger partial charge >= 0.3 is 0 Å². The van der Waals surface area contributed by atoms with Gasteiger partial charge in [-0.25, -0.2) is 0 Å². The van der Waals surface area contributed by atoms with Gasteiger partial charge in [0.1, 0.15) is 18.8 Å². The molecule has 0 spiro atoms. The zero-order valence-electron chi connectivity index (χ0n) is 17.2. The molecule has 162 valence electrons. The number of benzene rings is 3. The maximum atomic E-state index is 10.9. The van der Waals surface area contributed by atoms with E-state index in [-0.39, 0.29) is 6.79 Å². The van der Waals surface area contributed by atoms with E-state index >= 15 is 0 Å². The van der Waals surface area contributed by atoms with Crippen LogP contribution in [0, 0.1) is 0 Å². The number of fused-ring (bicyclic) bond motifs is 1. The topological polar surface area (TPSA) is 66.4 Å². The fourth-order valence-electron chi connectivity index (χ4n) is 3.27. The van der Waals surface area contributed by atoms with Crippen LogP contribution in [-0.4, -0.2) is 25.1 Å². The van der Waals surface area contributed by atoms with Crippen LogP contribution in [0.2, 0.25) is 0 Å². The molecule has 1 aliphatic heterocycles. The summed E-state index contributed by atoms with van der Waals surface area (Å²) < 4.78 is 29.2. The van der Waals surface area contributed by atoms with Crippen molar-refractivity contribution in [2.45, 2.75) is 25.7 Å². The molecule has 0 radical (unpaired) electrons. The van der Waals surface area contributed by atoms with Gasteiger partial charge in [0.15, 0.2) is 23.0 Å². The Balaban J connectivity index is 1.55. The average molecular weight is 487 g/mol. The molecular weight excluding hydrogens is 464 g/mol. The van der Waals surface area contributed by atoms with Gasteiger partial charge in [0.05, 0.1) is 7.11 Å². The summed E-state index contributed by atoms with van der Waals surface area (Å²) in [7, 11) is 1.56. The van der Waals surface area contributed by atoms with E-state index in [1.165, 1.54) is 0 Å². The van der Waals surface area contributed by atoms with Gasteiger partial charge in [-0.2, -0.15) is 0 Å². The zero-order chi connectivity index (χ0) is 21.8. The Hall–Kier alpha value is -2.90. The predicted molar refractivity (Wildman–Crippen MR) is 119 cm³/mol. The predicted octanol–water partition coefficient (Wildman–Crippen LogP) is 5.27. The van der Waals surface area contributed by atoms with Crippen LogP contribution < -0.4 is 23.7 Å². The number of halogens is 1. The summed E-state index contributed by atoms with van der Waals surface area (Å²) in [6.45, 7) is 2.34. The Morgan fingerprint density at radius 1 is 1.00 bits per heavy atom. The van der Waals surface area contributed by atoms with E-state index < -0.39 is 12.2 Å². The minimum atomic E-state index is -0.898. The lowest BCUT2D eigenvalue weighted by atomic mass is 10.0. The number of hydrogen-bond donors (Lipinski definition) is 1. The zero-order valence-corrected chi connectivity index (χ0v) is 18.8. The molecule has 2 atom stereocenters. The Bertz CT molecular complexity index is 1040. The molecule has 4 rings (SSSR count). The summed E-state index contributed by atoms with van der Waals surface area (Å²) in [5.41, 5.74) is 1.69. The van der Waals surface area contributed by atoms with Crippen molar-refractivity contribution in [1.82, 2.24) is 0 Å². The molecule has 0 saturated carbocycles. The van der Waals surface area contributed by atoms with Crippen LogP contribution in [0.5, 0.6) is 28.7 Å². The van der Waals surface area contributed by atoms with E-state index in [9.17, 15) is 5.11 Å². The van der Waals surface area contributed by atoms with Crippen LogP contribution in [0.3, 0.4) is 0 Å². The van der Waals surface area contributed by atoms with Crippen LogP contribution in [0.25, 0.3) is 0 Å². The lowest BCUT2D eigenvalue weighted by molar-refractivity contribution is 0.0427. The van der Waals surface area contributed by atoms with Crippen molar-refractivity contribution in [3.8, 4) is 28.7 Å². The van der Waals surface area contributed by atoms with E-state index in [0.717, 1.165) is 10.0 Å². The second-order valence-electron chi connectivity index (χ2n) is 7.09. The van der Waals surface area contributed by atoms with Crippen molar-refractivity contribution in [2.24, 2.45) is 0 Å². The minimum absolute atomic E-state index is 0.180. The second kappa shape index (κ2) is 9.49. The Morgan fingerprint density at radius 3 is 2.52 bits per heavy atom. The summed E-state index contributed by atoms with van der Waals surface area (Å²) in [5.74, 6) is 2.71. The van der Waals surface area contributed by atoms with Gasteiger partial charge in [0.25, 0.3) is 0 Å². The van der Waals surface area contributed by atoms with Crippen LogP contribution >= 0.6 is 15.9 Å². The maximum Gasteiger partial charge on any atom is 0.231 e. The first-order valence-electron chi connectivity index (χ1n) is 9.83. The first-order valence-corrected chi connectivity index (χ1v) is 10.6. The van der Waals surface area contributed by atoms with Gasteiger partial charge in [-0.1, -0.05) is 52.3 Å². The SMILES string of the molecule is COc1cc(Br)cc(OCc2ccccc2)c1O[C@H](C)[C@@H](O)c1ccc2c(c1)OCO2. The standard InChI is InChI=1S/C24H23BrO6/c1-15(23(26)17-8-9-19-20(10-17)30-14-29-19)31-24-21(27-2)11-18(25)12-22(24)28-13-16-6-4-3-5-7-16/h3-12,15,23,26H,13-14H2,1-2H3/t15-,23-/m1/s1. The van der Waals surface area contributed by atoms with E-state index in [4.69, 9.17) is 23.7 Å². The van der Waals surface area contributed by atoms with Gasteiger partial charge in [-0.3, -0.25) is 0 Å². The summed E-state index contributed by atoms with van der Waals surface area (Å²) in [6, 6.07) is 18.8.